The highest BCUT2D eigenvalue weighted by Gasteiger charge is 2.12. The molecule has 1 nitrogen and oxygen atoms in total. The van der Waals surface area contributed by atoms with Crippen LogP contribution in [0.25, 0.3) is 0 Å². The molecule has 0 saturated carbocycles. The van der Waals surface area contributed by atoms with Gasteiger partial charge in [0.2, 0.25) is 0 Å². The van der Waals surface area contributed by atoms with E-state index in [1.54, 1.807) is 24.3 Å². The van der Waals surface area contributed by atoms with E-state index in [0.717, 1.165) is 5.56 Å². The molecular formula is C15H13Cl3FN. The van der Waals surface area contributed by atoms with Crippen molar-refractivity contribution in [2.24, 2.45) is 0 Å². The van der Waals surface area contributed by atoms with E-state index >= 15 is 0 Å². The summed E-state index contributed by atoms with van der Waals surface area (Å²) in [5, 5.41) is 4.78. The number of nitrogens with one attached hydrogen (secondary N) is 1. The molecule has 0 fully saturated rings. The predicted molar refractivity (Wildman–Crippen MR) is 83.1 cm³/mol. The van der Waals surface area contributed by atoms with Crippen LogP contribution < -0.4 is 5.32 Å². The molecule has 0 aliphatic heterocycles. The molecule has 0 aliphatic rings. The van der Waals surface area contributed by atoms with Crippen LogP contribution in [-0.2, 0) is 6.54 Å². The van der Waals surface area contributed by atoms with E-state index in [0.29, 0.717) is 27.2 Å². The summed E-state index contributed by atoms with van der Waals surface area (Å²) >= 11 is 18.0. The van der Waals surface area contributed by atoms with Gasteiger partial charge in [0.1, 0.15) is 5.82 Å². The van der Waals surface area contributed by atoms with Gasteiger partial charge in [0.25, 0.3) is 0 Å². The number of hydrogen-bond acceptors (Lipinski definition) is 1. The second-order valence-electron chi connectivity index (χ2n) is 4.47. The first kappa shape index (κ1) is 15.6. The van der Waals surface area contributed by atoms with Gasteiger partial charge in [-0.2, -0.15) is 0 Å². The second-order valence-corrected chi connectivity index (χ2v) is 5.72. The van der Waals surface area contributed by atoms with Crippen LogP contribution >= 0.6 is 34.8 Å². The molecule has 0 heterocycles. The Hall–Kier alpha value is -0.800. The lowest BCUT2D eigenvalue weighted by molar-refractivity contribution is 0.544. The highest BCUT2D eigenvalue weighted by atomic mass is 35.5. The van der Waals surface area contributed by atoms with E-state index in [-0.39, 0.29) is 11.9 Å². The Morgan fingerprint density at radius 1 is 1.10 bits per heavy atom. The average molecular weight is 333 g/mol. The molecule has 5 heteroatoms. The molecule has 20 heavy (non-hydrogen) atoms. The zero-order valence-corrected chi connectivity index (χ0v) is 13.0. The van der Waals surface area contributed by atoms with Crippen molar-refractivity contribution in [1.29, 1.82) is 0 Å². The number of halogens is 4. The van der Waals surface area contributed by atoms with Gasteiger partial charge < -0.3 is 5.32 Å². The van der Waals surface area contributed by atoms with Gasteiger partial charge in [-0.15, -0.1) is 0 Å². The van der Waals surface area contributed by atoms with Crippen molar-refractivity contribution in [3.05, 3.63) is 68.4 Å². The van der Waals surface area contributed by atoms with Crippen LogP contribution in [0.5, 0.6) is 0 Å². The van der Waals surface area contributed by atoms with E-state index < -0.39 is 0 Å². The lowest BCUT2D eigenvalue weighted by Gasteiger charge is -2.16. The minimum absolute atomic E-state index is 0.0459. The minimum atomic E-state index is -0.320. The molecule has 0 bridgehead atoms. The summed E-state index contributed by atoms with van der Waals surface area (Å²) in [4.78, 5) is 0. The molecule has 1 N–H and O–H groups in total. The Labute approximate surface area is 132 Å². The van der Waals surface area contributed by atoms with Gasteiger partial charge in [-0.3, -0.25) is 0 Å². The fraction of sp³-hybridized carbons (Fsp3) is 0.200. The number of hydrogen-bond donors (Lipinski definition) is 1. The van der Waals surface area contributed by atoms with Crippen LogP contribution in [-0.4, -0.2) is 0 Å². The van der Waals surface area contributed by atoms with Gasteiger partial charge in [-0.05, 0) is 36.8 Å². The SMILES string of the molecule is CC(NCc1c(F)cccc1Cl)c1ccc(Cl)cc1Cl. The first-order valence-electron chi connectivity index (χ1n) is 6.10. The summed E-state index contributed by atoms with van der Waals surface area (Å²) in [5.74, 6) is -0.320. The first-order chi connectivity index (χ1) is 9.49. The van der Waals surface area contributed by atoms with Crippen molar-refractivity contribution in [3.63, 3.8) is 0 Å². The fourth-order valence-corrected chi connectivity index (χ4v) is 2.72. The maximum atomic E-state index is 13.7. The van der Waals surface area contributed by atoms with Gasteiger partial charge in [-0.25, -0.2) is 4.39 Å². The summed E-state index contributed by atoms with van der Waals surface area (Å²) < 4.78 is 13.7. The van der Waals surface area contributed by atoms with Crippen LogP contribution in [0.4, 0.5) is 4.39 Å². The predicted octanol–water partition coefficient (Wildman–Crippen LogP) is 5.64. The fourth-order valence-electron chi connectivity index (χ4n) is 1.92. The Morgan fingerprint density at radius 2 is 1.85 bits per heavy atom. The molecule has 0 radical (unpaired) electrons. The van der Waals surface area contributed by atoms with Crippen molar-refractivity contribution in [1.82, 2.24) is 5.32 Å². The second kappa shape index (κ2) is 6.77. The molecular weight excluding hydrogens is 320 g/mol. The molecule has 106 valence electrons. The Bertz CT molecular complexity index is 596. The molecule has 1 atom stereocenters. The van der Waals surface area contributed by atoms with E-state index in [9.17, 15) is 4.39 Å². The van der Waals surface area contributed by atoms with E-state index in [2.05, 4.69) is 5.32 Å². The average Bonchev–Trinajstić information content (AvgIpc) is 2.37. The third kappa shape index (κ3) is 3.64. The Balaban J connectivity index is 2.11. The molecule has 0 amide bonds. The topological polar surface area (TPSA) is 12.0 Å². The molecule has 0 aliphatic carbocycles. The van der Waals surface area contributed by atoms with Crippen LogP contribution in [0.1, 0.15) is 24.1 Å². The molecule has 0 aromatic heterocycles. The molecule has 0 saturated heterocycles. The van der Waals surface area contributed by atoms with Crippen LogP contribution in [0.15, 0.2) is 36.4 Å². The molecule has 2 aromatic carbocycles. The van der Waals surface area contributed by atoms with Crippen LogP contribution in [0.2, 0.25) is 15.1 Å². The normalized spacial score (nSPS) is 12.4. The van der Waals surface area contributed by atoms with E-state index in [1.165, 1.54) is 6.07 Å². The lowest BCUT2D eigenvalue weighted by atomic mass is 10.1. The maximum Gasteiger partial charge on any atom is 0.129 e. The van der Waals surface area contributed by atoms with Crippen LogP contribution in [0, 0.1) is 5.82 Å². The van der Waals surface area contributed by atoms with Gasteiger partial charge in [-0.1, -0.05) is 46.9 Å². The molecule has 2 rings (SSSR count). The summed E-state index contributed by atoms with van der Waals surface area (Å²) in [7, 11) is 0. The zero-order valence-electron chi connectivity index (χ0n) is 10.8. The van der Waals surface area contributed by atoms with Gasteiger partial charge in [0.05, 0.1) is 0 Å². The third-order valence-corrected chi connectivity index (χ3v) is 3.99. The highest BCUT2D eigenvalue weighted by molar-refractivity contribution is 6.35. The molecule has 2 aromatic rings. The van der Waals surface area contributed by atoms with Crippen molar-refractivity contribution in [2.45, 2.75) is 19.5 Å². The van der Waals surface area contributed by atoms with Crippen molar-refractivity contribution < 1.29 is 4.39 Å². The first-order valence-corrected chi connectivity index (χ1v) is 7.23. The van der Waals surface area contributed by atoms with E-state index in [1.807, 2.05) is 13.0 Å². The molecule has 1 unspecified atom stereocenters. The standard InChI is InChI=1S/C15H13Cl3FN/c1-9(11-6-5-10(16)7-14(11)18)20-8-12-13(17)3-2-4-15(12)19/h2-7,9,20H,8H2,1H3. The van der Waals surface area contributed by atoms with Gasteiger partial charge >= 0.3 is 0 Å². The largest absolute Gasteiger partial charge is 0.306 e. The maximum absolute atomic E-state index is 13.7. The Morgan fingerprint density at radius 3 is 2.50 bits per heavy atom. The smallest absolute Gasteiger partial charge is 0.129 e. The van der Waals surface area contributed by atoms with Crippen molar-refractivity contribution in [3.8, 4) is 0 Å². The monoisotopic (exact) mass is 331 g/mol. The lowest BCUT2D eigenvalue weighted by Crippen LogP contribution is -2.19. The van der Waals surface area contributed by atoms with E-state index in [4.69, 9.17) is 34.8 Å². The quantitative estimate of drug-likeness (QED) is 0.764. The van der Waals surface area contributed by atoms with Gasteiger partial charge in [0.15, 0.2) is 0 Å². The minimum Gasteiger partial charge on any atom is -0.306 e. The van der Waals surface area contributed by atoms with Crippen molar-refractivity contribution >= 4 is 34.8 Å². The highest BCUT2D eigenvalue weighted by Crippen LogP contribution is 2.27. The third-order valence-electron chi connectivity index (χ3n) is 3.08. The van der Waals surface area contributed by atoms with Gasteiger partial charge in [0, 0.05) is 33.2 Å². The zero-order chi connectivity index (χ0) is 14.7. The summed E-state index contributed by atoms with van der Waals surface area (Å²) in [6.45, 7) is 2.27. The van der Waals surface area contributed by atoms with Crippen LogP contribution in [0.3, 0.4) is 0 Å². The molecule has 0 spiro atoms. The summed E-state index contributed by atoms with van der Waals surface area (Å²) in [5.41, 5.74) is 1.36. The summed E-state index contributed by atoms with van der Waals surface area (Å²) in [6.07, 6.45) is 0. The van der Waals surface area contributed by atoms with Crippen molar-refractivity contribution in [2.75, 3.05) is 0 Å². The number of benzene rings is 2. The Kier molecular flexibility index (Phi) is 5.28. The number of rotatable bonds is 4. The summed E-state index contributed by atoms with van der Waals surface area (Å²) in [6, 6.07) is 9.91.